The average Bonchev–Trinajstić information content (AvgIpc) is 1.79. The molecule has 0 N–H and O–H groups in total. The van der Waals surface area contributed by atoms with Gasteiger partial charge in [0.2, 0.25) is 8.32 Å². The molecule has 0 aliphatic heterocycles. The lowest BCUT2D eigenvalue weighted by atomic mass is 10.8. The number of hydrogen-bond acceptors (Lipinski definition) is 3. The zero-order chi connectivity index (χ0) is 9.78. The number of carbonyl (C=O) groups excluding carboxylic acids is 1. The van der Waals surface area contributed by atoms with Gasteiger partial charge in [-0.15, -0.1) is 0 Å². The quantitative estimate of drug-likeness (QED) is 0.652. The average molecular weight is 206 g/mol. The molecule has 0 rings (SSSR count). The molecule has 0 atom stereocenters. The Morgan fingerprint density at radius 2 is 1.83 bits per heavy atom. The van der Waals surface area contributed by atoms with Crippen LogP contribution in [0.15, 0.2) is 0 Å². The van der Waals surface area contributed by atoms with Gasteiger partial charge in [0.15, 0.2) is 9.04 Å². The summed E-state index contributed by atoms with van der Waals surface area (Å²) in [7, 11) is -2.79. The first-order valence-electron chi connectivity index (χ1n) is 4.15. The molecule has 0 aromatic carbocycles. The second-order valence-corrected chi connectivity index (χ2v) is 10.8. The largest absolute Gasteiger partial charge is 0.518 e. The third-order valence-corrected chi connectivity index (χ3v) is 2.63. The second-order valence-electron chi connectivity index (χ2n) is 3.95. The molecule has 0 saturated heterocycles. The van der Waals surface area contributed by atoms with Gasteiger partial charge in [0.1, 0.15) is 6.61 Å². The van der Waals surface area contributed by atoms with Crippen molar-refractivity contribution in [3.63, 3.8) is 0 Å². The molecule has 0 amide bonds. The highest BCUT2D eigenvalue weighted by Crippen LogP contribution is 2.02. The molecule has 72 valence electrons. The minimum absolute atomic E-state index is 0.133. The topological polar surface area (TPSA) is 35.5 Å². The van der Waals surface area contributed by atoms with Gasteiger partial charge in [0.05, 0.1) is 0 Å². The Balaban J connectivity index is 3.61. The van der Waals surface area contributed by atoms with Crippen LogP contribution >= 0.6 is 0 Å². The third-order valence-electron chi connectivity index (χ3n) is 0.955. The van der Waals surface area contributed by atoms with E-state index in [4.69, 9.17) is 8.85 Å². The highest BCUT2D eigenvalue weighted by atomic mass is 28.4. The normalized spacial score (nSPS) is 11.8. The van der Waals surface area contributed by atoms with Crippen molar-refractivity contribution in [2.24, 2.45) is 0 Å². The minimum atomic E-state index is -1.71. The lowest BCUT2D eigenvalue weighted by molar-refractivity contribution is -0.137. The van der Waals surface area contributed by atoms with Crippen LogP contribution in [0.1, 0.15) is 0 Å². The molecule has 12 heavy (non-hydrogen) atoms. The molecule has 5 heteroatoms. The molecule has 0 aliphatic rings. The van der Waals surface area contributed by atoms with E-state index in [1.165, 1.54) is 0 Å². The standard InChI is InChI=1S/C7H18O3Si2/c1-11(2)9-6-7(8)10-12(3,4)5/h11H,6H2,1-5H3. The van der Waals surface area contributed by atoms with Gasteiger partial charge >= 0.3 is 5.97 Å². The summed E-state index contributed by atoms with van der Waals surface area (Å²) in [5.41, 5.74) is 0. The van der Waals surface area contributed by atoms with Crippen molar-refractivity contribution in [3.8, 4) is 0 Å². The minimum Gasteiger partial charge on any atom is -0.518 e. The summed E-state index contributed by atoms with van der Waals surface area (Å²) in [5, 5.41) is 0. The van der Waals surface area contributed by atoms with Crippen LogP contribution in [0.4, 0.5) is 0 Å². The molecule has 0 radical (unpaired) electrons. The predicted molar refractivity (Wildman–Crippen MR) is 54.3 cm³/mol. The summed E-state index contributed by atoms with van der Waals surface area (Å²) in [5.74, 6) is -0.213. The molecule has 0 aromatic heterocycles. The summed E-state index contributed by atoms with van der Waals surface area (Å²) in [6.45, 7) is 10.1. The predicted octanol–water partition coefficient (Wildman–Crippen LogP) is 1.36. The highest BCUT2D eigenvalue weighted by Gasteiger charge is 2.19. The molecule has 0 aromatic rings. The van der Waals surface area contributed by atoms with Crippen LogP contribution in [0.25, 0.3) is 0 Å². The molecule has 0 fully saturated rings. The van der Waals surface area contributed by atoms with Crippen molar-refractivity contribution in [2.75, 3.05) is 6.61 Å². The Hall–Kier alpha value is -0.136. The van der Waals surface area contributed by atoms with E-state index >= 15 is 0 Å². The number of hydrogen-bond donors (Lipinski definition) is 0. The van der Waals surface area contributed by atoms with E-state index in [2.05, 4.69) is 0 Å². The molecule has 0 heterocycles. The summed E-state index contributed by atoms with van der Waals surface area (Å²) in [6.07, 6.45) is 0. The lowest BCUT2D eigenvalue weighted by Gasteiger charge is -2.17. The highest BCUT2D eigenvalue weighted by molar-refractivity contribution is 6.71. The summed E-state index contributed by atoms with van der Waals surface area (Å²) in [4.78, 5) is 11.1. The van der Waals surface area contributed by atoms with Crippen molar-refractivity contribution in [1.82, 2.24) is 0 Å². The van der Waals surface area contributed by atoms with Gasteiger partial charge in [-0.3, -0.25) is 4.79 Å². The maximum absolute atomic E-state index is 11.1. The summed E-state index contributed by atoms with van der Waals surface area (Å²) >= 11 is 0. The van der Waals surface area contributed by atoms with Gasteiger partial charge in [0.25, 0.3) is 0 Å². The Morgan fingerprint density at radius 1 is 1.33 bits per heavy atom. The summed E-state index contributed by atoms with van der Waals surface area (Å²) in [6, 6.07) is 0. The van der Waals surface area contributed by atoms with Crippen molar-refractivity contribution in [1.29, 1.82) is 0 Å². The van der Waals surface area contributed by atoms with E-state index in [1.54, 1.807) is 0 Å². The fraction of sp³-hybridized carbons (Fsp3) is 0.857. The first kappa shape index (κ1) is 11.9. The zero-order valence-electron chi connectivity index (χ0n) is 8.51. The smallest absolute Gasteiger partial charge is 0.317 e. The Morgan fingerprint density at radius 3 is 2.17 bits per heavy atom. The van der Waals surface area contributed by atoms with Gasteiger partial charge in [-0.2, -0.15) is 0 Å². The van der Waals surface area contributed by atoms with Crippen LogP contribution in [0.3, 0.4) is 0 Å². The molecular formula is C7H18O3Si2. The molecule has 0 bridgehead atoms. The van der Waals surface area contributed by atoms with Gasteiger partial charge in [0, 0.05) is 0 Å². The van der Waals surface area contributed by atoms with Crippen LogP contribution in [0.2, 0.25) is 32.7 Å². The van der Waals surface area contributed by atoms with E-state index < -0.39 is 17.4 Å². The maximum atomic E-state index is 11.1. The van der Waals surface area contributed by atoms with E-state index in [0.29, 0.717) is 0 Å². The van der Waals surface area contributed by atoms with Crippen LogP contribution in [-0.4, -0.2) is 29.9 Å². The van der Waals surface area contributed by atoms with E-state index in [-0.39, 0.29) is 12.6 Å². The molecule has 0 aliphatic carbocycles. The summed E-state index contributed by atoms with van der Waals surface area (Å²) < 4.78 is 10.4. The Labute approximate surface area is 76.9 Å². The lowest BCUT2D eigenvalue weighted by Crippen LogP contribution is -2.32. The van der Waals surface area contributed by atoms with E-state index in [1.807, 2.05) is 32.7 Å². The van der Waals surface area contributed by atoms with Crippen molar-refractivity contribution >= 4 is 23.3 Å². The van der Waals surface area contributed by atoms with Crippen molar-refractivity contribution in [3.05, 3.63) is 0 Å². The fourth-order valence-corrected chi connectivity index (χ4v) is 1.82. The molecule has 3 nitrogen and oxygen atoms in total. The molecule has 0 saturated carbocycles. The van der Waals surface area contributed by atoms with E-state index in [0.717, 1.165) is 0 Å². The first-order valence-corrected chi connectivity index (χ1v) is 10.3. The molecular weight excluding hydrogens is 188 g/mol. The maximum Gasteiger partial charge on any atom is 0.317 e. The Bertz CT molecular complexity index is 151. The van der Waals surface area contributed by atoms with Crippen LogP contribution in [-0.2, 0) is 13.6 Å². The van der Waals surface area contributed by atoms with Gasteiger partial charge < -0.3 is 8.85 Å². The van der Waals surface area contributed by atoms with Crippen molar-refractivity contribution < 1.29 is 13.6 Å². The third kappa shape index (κ3) is 7.97. The number of rotatable bonds is 4. The SMILES string of the molecule is C[SiH](C)OCC(=O)O[Si](C)(C)C. The van der Waals surface area contributed by atoms with Crippen molar-refractivity contribution in [2.45, 2.75) is 32.7 Å². The monoisotopic (exact) mass is 206 g/mol. The second kappa shape index (κ2) is 4.78. The van der Waals surface area contributed by atoms with Gasteiger partial charge in [-0.1, -0.05) is 0 Å². The van der Waals surface area contributed by atoms with Gasteiger partial charge in [-0.25, -0.2) is 0 Å². The molecule has 0 spiro atoms. The first-order chi connectivity index (χ1) is 5.31. The van der Waals surface area contributed by atoms with E-state index in [9.17, 15) is 4.79 Å². The number of carbonyl (C=O) groups is 1. The fourth-order valence-electron chi connectivity index (χ4n) is 0.606. The van der Waals surface area contributed by atoms with Crippen LogP contribution < -0.4 is 0 Å². The molecule has 0 unspecified atom stereocenters. The van der Waals surface area contributed by atoms with Gasteiger partial charge in [-0.05, 0) is 32.7 Å². The zero-order valence-corrected chi connectivity index (χ0v) is 10.7. The Kier molecular flexibility index (Phi) is 4.73. The van der Waals surface area contributed by atoms with Crippen LogP contribution in [0.5, 0.6) is 0 Å². The van der Waals surface area contributed by atoms with Crippen LogP contribution in [0, 0.1) is 0 Å².